The van der Waals surface area contributed by atoms with Crippen LogP contribution in [0.3, 0.4) is 0 Å². The number of anilines is 5. The minimum Gasteiger partial charge on any atom is -0.364 e. The van der Waals surface area contributed by atoms with E-state index in [9.17, 15) is 26.4 Å². The first-order valence-corrected chi connectivity index (χ1v) is 12.0. The van der Waals surface area contributed by atoms with Gasteiger partial charge < -0.3 is 16.0 Å². The largest absolute Gasteiger partial charge is 0.421 e. The van der Waals surface area contributed by atoms with Crippen LogP contribution in [0, 0.1) is 0 Å². The van der Waals surface area contributed by atoms with Crippen LogP contribution in [-0.2, 0) is 34.0 Å². The predicted molar refractivity (Wildman–Crippen MR) is 124 cm³/mol. The van der Waals surface area contributed by atoms with Gasteiger partial charge in [0.1, 0.15) is 17.2 Å². The number of alkyl halides is 3. The number of para-hydroxylation sites is 1. The third kappa shape index (κ3) is 5.42. The minimum atomic E-state index is -4.73. The summed E-state index contributed by atoms with van der Waals surface area (Å²) in [6.45, 7) is -0.165. The summed E-state index contributed by atoms with van der Waals surface area (Å²) >= 11 is 0. The van der Waals surface area contributed by atoms with E-state index >= 15 is 0 Å². The van der Waals surface area contributed by atoms with Crippen molar-refractivity contribution < 1.29 is 26.4 Å². The highest BCUT2D eigenvalue weighted by molar-refractivity contribution is 7.92. The Morgan fingerprint density at radius 1 is 1.14 bits per heavy atom. The maximum absolute atomic E-state index is 13.6. The number of halogens is 3. The number of amides is 1. The second-order valence-corrected chi connectivity index (χ2v) is 9.73. The lowest BCUT2D eigenvalue weighted by Gasteiger charge is -2.17. The Morgan fingerprint density at radius 3 is 2.60 bits per heavy atom. The van der Waals surface area contributed by atoms with Crippen molar-refractivity contribution >= 4 is 44.9 Å². The van der Waals surface area contributed by atoms with Gasteiger partial charge in [-0.05, 0) is 23.8 Å². The van der Waals surface area contributed by atoms with Crippen molar-refractivity contribution in [1.82, 2.24) is 15.0 Å². The van der Waals surface area contributed by atoms with Crippen LogP contribution < -0.4 is 20.3 Å². The van der Waals surface area contributed by atoms with Crippen LogP contribution in [-0.4, -0.2) is 42.6 Å². The third-order valence-corrected chi connectivity index (χ3v) is 6.34. The molecule has 0 saturated heterocycles. The lowest BCUT2D eigenvalue weighted by atomic mass is 10.1. The maximum atomic E-state index is 13.6. The Labute approximate surface area is 198 Å². The van der Waals surface area contributed by atoms with Crippen LogP contribution in [0.5, 0.6) is 0 Å². The van der Waals surface area contributed by atoms with Gasteiger partial charge in [-0.2, -0.15) is 18.2 Å². The Kier molecular flexibility index (Phi) is 6.23. The number of sulfonamides is 1. The number of rotatable bonds is 7. The second kappa shape index (κ2) is 9.02. The van der Waals surface area contributed by atoms with Crippen molar-refractivity contribution in [3.63, 3.8) is 0 Å². The molecule has 0 saturated carbocycles. The van der Waals surface area contributed by atoms with Gasteiger partial charge in [-0.3, -0.25) is 9.10 Å². The fourth-order valence-corrected chi connectivity index (χ4v) is 3.79. The maximum Gasteiger partial charge on any atom is 0.421 e. The van der Waals surface area contributed by atoms with E-state index in [1.807, 2.05) is 0 Å². The van der Waals surface area contributed by atoms with Crippen LogP contribution in [0.15, 0.2) is 42.6 Å². The zero-order valence-corrected chi connectivity index (χ0v) is 19.3. The Hall–Kier alpha value is -3.94. The topological polar surface area (TPSA) is 129 Å². The molecular formula is C21H20F3N7O3S. The molecule has 1 aliphatic rings. The number of hydrogen-bond acceptors (Lipinski definition) is 8. The van der Waals surface area contributed by atoms with Crippen LogP contribution in [0.25, 0.3) is 0 Å². The van der Waals surface area contributed by atoms with E-state index < -0.39 is 27.6 Å². The Morgan fingerprint density at radius 2 is 1.89 bits per heavy atom. The van der Waals surface area contributed by atoms with Gasteiger partial charge in [0.15, 0.2) is 0 Å². The molecule has 0 bridgehead atoms. The Balaban J connectivity index is 1.60. The molecule has 0 radical (unpaired) electrons. The van der Waals surface area contributed by atoms with E-state index in [1.165, 1.54) is 19.2 Å². The standard InChI is InChI=1S/C21H20F3N7O3S/c1-31(35(2,33)34)16-8-4-6-13(27-16)10-25-19-14(21(22,23)24)11-26-20(30-19)28-15-7-3-5-12-9-17(32)29-18(12)15/h3-8,11H,9-10H2,1-2H3,(H,29,32)(H2,25,26,28,30). The molecule has 35 heavy (non-hydrogen) atoms. The number of hydrogen-bond donors (Lipinski definition) is 3. The molecule has 2 aromatic heterocycles. The molecule has 3 aromatic rings. The molecule has 0 atom stereocenters. The number of benzene rings is 1. The van der Waals surface area contributed by atoms with Crippen molar-refractivity contribution in [3.05, 3.63) is 59.4 Å². The normalized spacial score (nSPS) is 13.2. The second-order valence-electron chi connectivity index (χ2n) is 7.71. The van der Waals surface area contributed by atoms with Gasteiger partial charge in [0.05, 0.1) is 36.3 Å². The summed E-state index contributed by atoms with van der Waals surface area (Å²) in [6, 6.07) is 9.67. The molecule has 0 unspecified atom stereocenters. The fourth-order valence-electron chi connectivity index (χ4n) is 3.35. The number of nitrogens with one attached hydrogen (secondary N) is 3. The molecule has 1 aliphatic heterocycles. The van der Waals surface area contributed by atoms with Gasteiger partial charge in [-0.1, -0.05) is 18.2 Å². The summed E-state index contributed by atoms with van der Waals surface area (Å²) in [5.41, 5.74) is 0.918. The molecule has 0 spiro atoms. The minimum absolute atomic E-state index is 0.117. The zero-order chi connectivity index (χ0) is 25.4. The van der Waals surface area contributed by atoms with Gasteiger partial charge in [-0.25, -0.2) is 18.4 Å². The first kappa shape index (κ1) is 24.2. The lowest BCUT2D eigenvalue weighted by Crippen LogP contribution is -2.26. The van der Waals surface area contributed by atoms with Crippen molar-refractivity contribution in [3.8, 4) is 0 Å². The number of aromatic nitrogens is 3. The molecular weight excluding hydrogens is 487 g/mol. The molecule has 0 aliphatic carbocycles. The van der Waals surface area contributed by atoms with Crippen molar-refractivity contribution in [2.24, 2.45) is 0 Å². The van der Waals surface area contributed by atoms with Gasteiger partial charge in [0.25, 0.3) is 0 Å². The van der Waals surface area contributed by atoms with E-state index in [1.54, 1.807) is 24.3 Å². The third-order valence-electron chi connectivity index (χ3n) is 5.16. The van der Waals surface area contributed by atoms with Crippen LogP contribution in [0.4, 0.5) is 42.1 Å². The average Bonchev–Trinajstić information content (AvgIpc) is 3.17. The average molecular weight is 507 g/mol. The van der Waals surface area contributed by atoms with Gasteiger partial charge >= 0.3 is 6.18 Å². The van der Waals surface area contributed by atoms with E-state index in [2.05, 4.69) is 30.9 Å². The number of carbonyl (C=O) groups excluding carboxylic acids is 1. The monoisotopic (exact) mass is 507 g/mol. The summed E-state index contributed by atoms with van der Waals surface area (Å²) < 4.78 is 65.2. The molecule has 3 N–H and O–H groups in total. The predicted octanol–water partition coefficient (Wildman–Crippen LogP) is 3.14. The van der Waals surface area contributed by atoms with Crippen LogP contribution in [0.1, 0.15) is 16.8 Å². The van der Waals surface area contributed by atoms with E-state index in [4.69, 9.17) is 0 Å². The van der Waals surface area contributed by atoms with E-state index in [0.717, 1.165) is 16.1 Å². The first-order valence-electron chi connectivity index (χ1n) is 10.2. The summed E-state index contributed by atoms with van der Waals surface area (Å²) in [5.74, 6) is -0.682. The van der Waals surface area contributed by atoms with Gasteiger partial charge in [-0.15, -0.1) is 0 Å². The number of nitrogens with zero attached hydrogens (tertiary/aromatic N) is 4. The number of pyridine rings is 1. The fraction of sp³-hybridized carbons (Fsp3) is 0.238. The molecule has 4 rings (SSSR count). The summed E-state index contributed by atoms with van der Waals surface area (Å²) in [6.07, 6.45) is -2.86. The molecule has 3 heterocycles. The molecule has 14 heteroatoms. The van der Waals surface area contributed by atoms with Gasteiger partial charge in [0, 0.05) is 13.2 Å². The Bertz CT molecular complexity index is 1400. The van der Waals surface area contributed by atoms with Crippen LogP contribution >= 0.6 is 0 Å². The summed E-state index contributed by atoms with van der Waals surface area (Å²) in [4.78, 5) is 23.7. The zero-order valence-electron chi connectivity index (χ0n) is 18.5. The highest BCUT2D eigenvalue weighted by Crippen LogP contribution is 2.36. The smallest absolute Gasteiger partial charge is 0.364 e. The number of carbonyl (C=O) groups is 1. The molecule has 184 valence electrons. The van der Waals surface area contributed by atoms with Crippen LogP contribution in [0.2, 0.25) is 0 Å². The number of fused-ring (bicyclic) bond motifs is 1. The summed E-state index contributed by atoms with van der Waals surface area (Å²) in [5, 5.41) is 8.17. The summed E-state index contributed by atoms with van der Waals surface area (Å²) in [7, 11) is -2.24. The van der Waals surface area contributed by atoms with Crippen molar-refractivity contribution in [2.75, 3.05) is 33.6 Å². The van der Waals surface area contributed by atoms with E-state index in [0.29, 0.717) is 23.3 Å². The molecule has 0 fully saturated rings. The van der Waals surface area contributed by atoms with Gasteiger partial charge in [0.2, 0.25) is 21.9 Å². The molecule has 10 nitrogen and oxygen atoms in total. The van der Waals surface area contributed by atoms with Crippen molar-refractivity contribution in [1.29, 1.82) is 0 Å². The lowest BCUT2D eigenvalue weighted by molar-refractivity contribution is -0.137. The molecule has 1 amide bonds. The highest BCUT2D eigenvalue weighted by Gasteiger charge is 2.35. The molecule has 1 aromatic carbocycles. The SMILES string of the molecule is CN(c1cccc(CNc2nc(Nc3cccc4c3NC(=O)C4)ncc2C(F)(F)F)n1)S(C)(=O)=O. The quantitative estimate of drug-likeness (QED) is 0.445. The first-order chi connectivity index (χ1) is 16.4. The van der Waals surface area contributed by atoms with Crippen molar-refractivity contribution in [2.45, 2.75) is 19.1 Å². The highest BCUT2D eigenvalue weighted by atomic mass is 32.2. The van der Waals surface area contributed by atoms with E-state index in [-0.39, 0.29) is 30.6 Å².